The van der Waals surface area contributed by atoms with Crippen molar-refractivity contribution in [3.05, 3.63) is 96.3 Å². The van der Waals surface area contributed by atoms with E-state index in [4.69, 9.17) is 4.74 Å². The summed E-state index contributed by atoms with van der Waals surface area (Å²) in [6.45, 7) is 0.113. The highest BCUT2D eigenvalue weighted by Gasteiger charge is 2.29. The lowest BCUT2D eigenvalue weighted by Gasteiger charge is -2.31. The highest BCUT2D eigenvalue weighted by Crippen LogP contribution is 2.34. The highest BCUT2D eigenvalue weighted by atomic mass is 32.2. The fourth-order valence-corrected chi connectivity index (χ4v) is 5.74. The summed E-state index contributed by atoms with van der Waals surface area (Å²) in [6.07, 6.45) is 1.39. The molecule has 1 aliphatic rings. The number of hydrogen-bond acceptors (Lipinski definition) is 4. The zero-order valence-electron chi connectivity index (χ0n) is 18.8. The number of nitrogens with zero attached hydrogens (tertiary/aromatic N) is 1. The Bertz CT molecular complexity index is 1500. The van der Waals surface area contributed by atoms with Crippen molar-refractivity contribution in [1.82, 2.24) is 0 Å². The summed E-state index contributed by atoms with van der Waals surface area (Å²) in [5.41, 5.74) is 1.85. The van der Waals surface area contributed by atoms with Crippen molar-refractivity contribution in [2.45, 2.75) is 17.7 Å². The minimum absolute atomic E-state index is 0.0185. The SMILES string of the molecule is O=C(COc1ccc2ccccc2c1)Nc1ccc2c(c1)N(S(=O)(=O)c1ccc(F)cc1)CCC2. The fraction of sp³-hybridized carbons (Fsp3) is 0.148. The van der Waals surface area contributed by atoms with Crippen molar-refractivity contribution in [3.8, 4) is 5.75 Å². The van der Waals surface area contributed by atoms with Gasteiger partial charge in [-0.05, 0) is 77.7 Å². The van der Waals surface area contributed by atoms with Crippen LogP contribution in [-0.2, 0) is 21.2 Å². The molecule has 0 radical (unpaired) electrons. The van der Waals surface area contributed by atoms with Crippen LogP contribution in [0.2, 0.25) is 0 Å². The molecule has 1 aliphatic heterocycles. The zero-order chi connectivity index (χ0) is 24.4. The van der Waals surface area contributed by atoms with Gasteiger partial charge in [-0.1, -0.05) is 36.4 Å². The average molecular weight is 491 g/mol. The number of fused-ring (bicyclic) bond motifs is 2. The summed E-state index contributed by atoms with van der Waals surface area (Å²) in [6, 6.07) is 23.5. The molecule has 0 atom stereocenters. The second-order valence-electron chi connectivity index (χ2n) is 8.32. The molecule has 4 aromatic carbocycles. The first-order valence-corrected chi connectivity index (χ1v) is 12.7. The number of carbonyl (C=O) groups excluding carboxylic acids is 1. The second kappa shape index (κ2) is 9.38. The summed E-state index contributed by atoms with van der Waals surface area (Å²) in [5.74, 6) is -0.276. The predicted molar refractivity (Wildman–Crippen MR) is 134 cm³/mol. The summed E-state index contributed by atoms with van der Waals surface area (Å²) < 4.78 is 46.8. The lowest BCUT2D eigenvalue weighted by atomic mass is 10.0. The van der Waals surface area contributed by atoms with Crippen molar-refractivity contribution in [1.29, 1.82) is 0 Å². The Hall–Kier alpha value is -3.91. The number of aryl methyl sites for hydroxylation is 1. The number of sulfonamides is 1. The first kappa shape index (κ1) is 22.9. The number of amides is 1. The Labute approximate surface area is 203 Å². The van der Waals surface area contributed by atoms with Crippen LogP contribution in [0.15, 0.2) is 89.8 Å². The Morgan fingerprint density at radius 1 is 0.943 bits per heavy atom. The molecular weight excluding hydrogens is 467 g/mol. The van der Waals surface area contributed by atoms with Gasteiger partial charge in [-0.25, -0.2) is 12.8 Å². The van der Waals surface area contributed by atoms with Crippen molar-refractivity contribution in [2.24, 2.45) is 0 Å². The molecule has 0 aromatic heterocycles. The number of benzene rings is 4. The molecule has 5 rings (SSSR count). The van der Waals surface area contributed by atoms with E-state index < -0.39 is 15.8 Å². The largest absolute Gasteiger partial charge is 0.484 e. The van der Waals surface area contributed by atoms with E-state index in [-0.39, 0.29) is 17.4 Å². The number of carbonyl (C=O) groups is 1. The Kier molecular flexibility index (Phi) is 6.13. The number of anilines is 2. The average Bonchev–Trinajstić information content (AvgIpc) is 2.87. The third-order valence-corrected chi connectivity index (χ3v) is 7.76. The normalized spacial score (nSPS) is 13.3. The standard InChI is InChI=1S/C27H23FN2O4S/c28-22-9-13-25(14-10-22)35(32,33)30-15-3-6-20-7-11-23(17-26(20)30)29-27(31)18-34-24-12-8-19-4-1-2-5-21(19)16-24/h1-2,4-5,7-14,16-17H,3,6,15,18H2,(H,29,31). The maximum absolute atomic E-state index is 13.3. The van der Waals surface area contributed by atoms with E-state index in [0.717, 1.165) is 34.9 Å². The molecule has 0 unspecified atom stereocenters. The number of nitrogens with one attached hydrogen (secondary N) is 1. The molecule has 35 heavy (non-hydrogen) atoms. The molecule has 0 bridgehead atoms. The van der Waals surface area contributed by atoms with E-state index in [1.807, 2.05) is 48.5 Å². The minimum atomic E-state index is -3.87. The van der Waals surface area contributed by atoms with Crippen LogP contribution >= 0.6 is 0 Å². The van der Waals surface area contributed by atoms with Crippen molar-refractivity contribution < 1.29 is 22.3 Å². The smallest absolute Gasteiger partial charge is 0.264 e. The Morgan fingerprint density at radius 2 is 1.71 bits per heavy atom. The van der Waals surface area contributed by atoms with Crippen LogP contribution in [0.3, 0.4) is 0 Å². The molecule has 0 fully saturated rings. The van der Waals surface area contributed by atoms with E-state index in [2.05, 4.69) is 5.32 Å². The van der Waals surface area contributed by atoms with Crippen LogP contribution in [0.5, 0.6) is 5.75 Å². The molecule has 178 valence electrons. The van der Waals surface area contributed by atoms with Gasteiger partial charge in [0, 0.05) is 12.2 Å². The lowest BCUT2D eigenvalue weighted by molar-refractivity contribution is -0.118. The number of rotatable bonds is 6. The van der Waals surface area contributed by atoms with E-state index in [1.54, 1.807) is 12.1 Å². The van der Waals surface area contributed by atoms with Gasteiger partial charge in [-0.2, -0.15) is 0 Å². The van der Waals surface area contributed by atoms with Crippen LogP contribution in [0.4, 0.5) is 15.8 Å². The number of halogens is 1. The number of ether oxygens (including phenoxy) is 1. The van der Waals surface area contributed by atoms with Gasteiger partial charge < -0.3 is 10.1 Å². The first-order chi connectivity index (χ1) is 16.9. The van der Waals surface area contributed by atoms with E-state index in [1.165, 1.54) is 16.4 Å². The van der Waals surface area contributed by atoms with Gasteiger partial charge in [0.05, 0.1) is 10.6 Å². The van der Waals surface area contributed by atoms with Gasteiger partial charge in [0.15, 0.2) is 6.61 Å². The fourth-order valence-electron chi connectivity index (χ4n) is 4.21. The maximum Gasteiger partial charge on any atom is 0.264 e. The summed E-state index contributed by atoms with van der Waals surface area (Å²) in [4.78, 5) is 12.6. The summed E-state index contributed by atoms with van der Waals surface area (Å²) in [7, 11) is -3.87. The molecule has 0 saturated heterocycles. The van der Waals surface area contributed by atoms with Crippen LogP contribution in [-0.4, -0.2) is 27.5 Å². The van der Waals surface area contributed by atoms with E-state index in [9.17, 15) is 17.6 Å². The molecular formula is C27H23FN2O4S. The van der Waals surface area contributed by atoms with Gasteiger partial charge in [0.2, 0.25) is 0 Å². The Morgan fingerprint density at radius 3 is 2.51 bits per heavy atom. The van der Waals surface area contributed by atoms with Crippen LogP contribution in [0, 0.1) is 5.82 Å². The Balaban J connectivity index is 1.31. The van der Waals surface area contributed by atoms with Crippen LogP contribution in [0.1, 0.15) is 12.0 Å². The van der Waals surface area contributed by atoms with Gasteiger partial charge in [-0.15, -0.1) is 0 Å². The van der Waals surface area contributed by atoms with Gasteiger partial charge in [0.1, 0.15) is 11.6 Å². The third-order valence-electron chi connectivity index (χ3n) is 5.94. The monoisotopic (exact) mass is 490 g/mol. The zero-order valence-corrected chi connectivity index (χ0v) is 19.6. The first-order valence-electron chi connectivity index (χ1n) is 11.2. The molecule has 4 aromatic rings. The molecule has 8 heteroatoms. The molecule has 1 amide bonds. The number of hydrogen-bond donors (Lipinski definition) is 1. The topological polar surface area (TPSA) is 75.7 Å². The van der Waals surface area contributed by atoms with E-state index in [0.29, 0.717) is 30.1 Å². The molecule has 6 nitrogen and oxygen atoms in total. The van der Waals surface area contributed by atoms with Crippen molar-refractivity contribution in [2.75, 3.05) is 22.8 Å². The van der Waals surface area contributed by atoms with Crippen LogP contribution < -0.4 is 14.4 Å². The third kappa shape index (κ3) is 4.83. The van der Waals surface area contributed by atoms with Crippen molar-refractivity contribution >= 4 is 38.1 Å². The van der Waals surface area contributed by atoms with Crippen LogP contribution in [0.25, 0.3) is 10.8 Å². The molecule has 1 N–H and O–H groups in total. The highest BCUT2D eigenvalue weighted by molar-refractivity contribution is 7.92. The molecule has 1 heterocycles. The van der Waals surface area contributed by atoms with Gasteiger partial charge in [0.25, 0.3) is 15.9 Å². The lowest BCUT2D eigenvalue weighted by Crippen LogP contribution is -2.35. The van der Waals surface area contributed by atoms with E-state index >= 15 is 0 Å². The predicted octanol–water partition coefficient (Wildman–Crippen LogP) is 5.14. The minimum Gasteiger partial charge on any atom is -0.484 e. The van der Waals surface area contributed by atoms with Gasteiger partial charge in [-0.3, -0.25) is 9.10 Å². The molecule has 0 spiro atoms. The quantitative estimate of drug-likeness (QED) is 0.406. The summed E-state index contributed by atoms with van der Waals surface area (Å²) >= 11 is 0. The van der Waals surface area contributed by atoms with Crippen molar-refractivity contribution in [3.63, 3.8) is 0 Å². The second-order valence-corrected chi connectivity index (χ2v) is 10.2. The van der Waals surface area contributed by atoms with Gasteiger partial charge >= 0.3 is 0 Å². The molecule has 0 saturated carbocycles. The molecule has 0 aliphatic carbocycles. The summed E-state index contributed by atoms with van der Waals surface area (Å²) in [5, 5.41) is 4.88. The maximum atomic E-state index is 13.3.